The number of rotatable bonds is 5. The van der Waals surface area contributed by atoms with Gasteiger partial charge in [-0.2, -0.15) is 0 Å². The Bertz CT molecular complexity index is 641. The van der Waals surface area contributed by atoms with Crippen LogP contribution in [0.15, 0.2) is 12.1 Å². The minimum absolute atomic E-state index is 0.0159. The summed E-state index contributed by atoms with van der Waals surface area (Å²) in [5.74, 6) is -1.09. The van der Waals surface area contributed by atoms with Gasteiger partial charge in [0.15, 0.2) is 0 Å². The summed E-state index contributed by atoms with van der Waals surface area (Å²) >= 11 is 12.8. The molecule has 0 fully saturated rings. The maximum atomic E-state index is 13.1. The van der Waals surface area contributed by atoms with Gasteiger partial charge in [-0.15, -0.1) is 10.2 Å². The molecule has 21 heavy (non-hydrogen) atoms. The molecule has 0 bridgehead atoms. The van der Waals surface area contributed by atoms with Crippen LogP contribution in [0.2, 0.25) is 10.0 Å². The quantitative estimate of drug-likeness (QED) is 0.854. The minimum Gasteiger partial charge on any atom is -0.360 e. The largest absolute Gasteiger partial charge is 0.360 e. The van der Waals surface area contributed by atoms with Crippen molar-refractivity contribution in [1.29, 1.82) is 0 Å². The van der Waals surface area contributed by atoms with Crippen LogP contribution in [0.25, 0.3) is 0 Å². The lowest BCUT2D eigenvalue weighted by Crippen LogP contribution is -2.12. The number of amides is 1. The second-order valence-electron chi connectivity index (χ2n) is 4.04. The molecule has 0 radical (unpaired) electrons. The highest BCUT2D eigenvalue weighted by molar-refractivity contribution is 7.17. The molecule has 0 aliphatic rings. The van der Waals surface area contributed by atoms with Crippen LogP contribution in [0, 0.1) is 5.82 Å². The third-order valence-corrected chi connectivity index (χ3v) is 3.87. The van der Waals surface area contributed by atoms with Gasteiger partial charge < -0.3 is 10.6 Å². The first-order valence-corrected chi connectivity index (χ1v) is 7.61. The van der Waals surface area contributed by atoms with Gasteiger partial charge in [0, 0.05) is 6.54 Å². The Balaban J connectivity index is 2.13. The molecule has 5 nitrogen and oxygen atoms in total. The van der Waals surface area contributed by atoms with E-state index < -0.39 is 11.7 Å². The summed E-state index contributed by atoms with van der Waals surface area (Å²) in [6, 6.07) is 2.13. The fraction of sp³-hybridized carbons (Fsp3) is 0.250. The van der Waals surface area contributed by atoms with E-state index in [4.69, 9.17) is 23.2 Å². The Hall–Kier alpha value is -1.44. The maximum absolute atomic E-state index is 13.1. The fourth-order valence-electron chi connectivity index (χ4n) is 1.45. The molecular formula is C12H11Cl2FN4OS. The van der Waals surface area contributed by atoms with Crippen LogP contribution in [0.3, 0.4) is 0 Å². The number of hydrogen-bond donors (Lipinski definition) is 2. The van der Waals surface area contributed by atoms with E-state index in [2.05, 4.69) is 20.8 Å². The van der Waals surface area contributed by atoms with Gasteiger partial charge in [0.25, 0.3) is 5.91 Å². The molecular weight excluding hydrogens is 338 g/mol. The lowest BCUT2D eigenvalue weighted by Gasteiger charge is -2.07. The molecule has 2 rings (SSSR count). The van der Waals surface area contributed by atoms with E-state index in [0.717, 1.165) is 36.4 Å². The molecule has 1 amide bonds. The molecule has 1 heterocycles. The van der Waals surface area contributed by atoms with Crippen molar-refractivity contribution in [1.82, 2.24) is 10.2 Å². The number of aromatic nitrogens is 2. The summed E-state index contributed by atoms with van der Waals surface area (Å²) in [5, 5.41) is 13.9. The molecule has 0 atom stereocenters. The summed E-state index contributed by atoms with van der Waals surface area (Å²) in [4.78, 5) is 12.0. The normalized spacial score (nSPS) is 10.5. The van der Waals surface area contributed by atoms with Crippen LogP contribution >= 0.6 is 34.5 Å². The number of hydrogen-bond acceptors (Lipinski definition) is 5. The van der Waals surface area contributed by atoms with E-state index in [1.165, 1.54) is 0 Å². The second-order valence-corrected chi connectivity index (χ2v) is 5.83. The van der Waals surface area contributed by atoms with Crippen molar-refractivity contribution >= 4 is 51.3 Å². The Morgan fingerprint density at radius 3 is 2.62 bits per heavy atom. The SMILES string of the molecule is CCCNc1nnc(C(=O)Nc2c(Cl)cc(F)cc2Cl)s1. The summed E-state index contributed by atoms with van der Waals surface area (Å²) in [6.07, 6.45) is 0.932. The molecule has 0 unspecified atom stereocenters. The highest BCUT2D eigenvalue weighted by Crippen LogP contribution is 2.32. The summed E-state index contributed by atoms with van der Waals surface area (Å²) in [5.41, 5.74) is 0.142. The number of nitrogens with one attached hydrogen (secondary N) is 2. The van der Waals surface area contributed by atoms with E-state index in [0.29, 0.717) is 5.13 Å². The number of anilines is 2. The first-order valence-electron chi connectivity index (χ1n) is 6.04. The molecule has 0 saturated carbocycles. The van der Waals surface area contributed by atoms with Crippen LogP contribution in [-0.2, 0) is 0 Å². The molecule has 0 aliphatic heterocycles. The predicted molar refractivity (Wildman–Crippen MR) is 83.1 cm³/mol. The monoisotopic (exact) mass is 348 g/mol. The molecule has 0 spiro atoms. The van der Waals surface area contributed by atoms with Crippen molar-refractivity contribution in [2.24, 2.45) is 0 Å². The highest BCUT2D eigenvalue weighted by atomic mass is 35.5. The van der Waals surface area contributed by atoms with Gasteiger partial charge in [-0.1, -0.05) is 41.5 Å². The predicted octanol–water partition coefficient (Wildman–Crippen LogP) is 4.06. The smallest absolute Gasteiger partial charge is 0.286 e. The molecule has 0 aliphatic carbocycles. The fourth-order valence-corrected chi connectivity index (χ4v) is 2.67. The van der Waals surface area contributed by atoms with Crippen molar-refractivity contribution < 1.29 is 9.18 Å². The van der Waals surface area contributed by atoms with Crippen molar-refractivity contribution in [3.05, 3.63) is 33.0 Å². The van der Waals surface area contributed by atoms with Crippen molar-refractivity contribution in [2.75, 3.05) is 17.2 Å². The molecule has 0 saturated heterocycles. The number of nitrogens with zero attached hydrogens (tertiary/aromatic N) is 2. The zero-order chi connectivity index (χ0) is 15.4. The van der Waals surface area contributed by atoms with E-state index in [1.807, 2.05) is 6.92 Å². The Kier molecular flexibility index (Phi) is 5.33. The van der Waals surface area contributed by atoms with Crippen LogP contribution in [0.5, 0.6) is 0 Å². The van der Waals surface area contributed by atoms with Gasteiger partial charge in [0.2, 0.25) is 10.1 Å². The van der Waals surface area contributed by atoms with E-state index in [1.54, 1.807) is 0 Å². The van der Waals surface area contributed by atoms with Crippen molar-refractivity contribution in [3.8, 4) is 0 Å². The lowest BCUT2D eigenvalue weighted by molar-refractivity contribution is 0.102. The van der Waals surface area contributed by atoms with Gasteiger partial charge in [0.05, 0.1) is 15.7 Å². The van der Waals surface area contributed by atoms with Gasteiger partial charge in [-0.25, -0.2) is 4.39 Å². The Labute approximate surface area is 134 Å². The van der Waals surface area contributed by atoms with Crippen LogP contribution < -0.4 is 10.6 Å². The zero-order valence-corrected chi connectivity index (χ0v) is 13.2. The van der Waals surface area contributed by atoms with Gasteiger partial charge in [0.1, 0.15) is 5.82 Å². The van der Waals surface area contributed by atoms with Crippen LogP contribution in [0.1, 0.15) is 23.1 Å². The van der Waals surface area contributed by atoms with E-state index in [-0.39, 0.29) is 20.7 Å². The number of halogens is 3. The molecule has 1 aromatic carbocycles. The Morgan fingerprint density at radius 2 is 2.00 bits per heavy atom. The summed E-state index contributed by atoms with van der Waals surface area (Å²) < 4.78 is 13.1. The van der Waals surface area contributed by atoms with Gasteiger partial charge in [-0.05, 0) is 18.6 Å². The topological polar surface area (TPSA) is 66.9 Å². The minimum atomic E-state index is -0.579. The number of carbonyl (C=O) groups excluding carboxylic acids is 1. The summed E-state index contributed by atoms with van der Waals surface area (Å²) in [7, 11) is 0. The first-order chi connectivity index (χ1) is 10.0. The van der Waals surface area contributed by atoms with Gasteiger partial charge >= 0.3 is 0 Å². The van der Waals surface area contributed by atoms with Gasteiger partial charge in [-0.3, -0.25) is 4.79 Å². The third kappa shape index (κ3) is 4.03. The van der Waals surface area contributed by atoms with Crippen molar-refractivity contribution in [2.45, 2.75) is 13.3 Å². The maximum Gasteiger partial charge on any atom is 0.286 e. The highest BCUT2D eigenvalue weighted by Gasteiger charge is 2.17. The lowest BCUT2D eigenvalue weighted by atomic mass is 10.3. The second kappa shape index (κ2) is 7.02. The average molecular weight is 349 g/mol. The zero-order valence-electron chi connectivity index (χ0n) is 10.9. The molecule has 9 heteroatoms. The standard InChI is InChI=1S/C12H11Cl2FN4OS/c1-2-3-16-12-19-18-11(21-12)10(20)17-9-7(13)4-6(15)5-8(9)14/h4-5H,2-3H2,1H3,(H,16,19)(H,17,20). The Morgan fingerprint density at radius 1 is 1.33 bits per heavy atom. The summed E-state index contributed by atoms with van der Waals surface area (Å²) in [6.45, 7) is 2.76. The van der Waals surface area contributed by atoms with Crippen LogP contribution in [-0.4, -0.2) is 22.6 Å². The average Bonchev–Trinajstić information content (AvgIpc) is 2.89. The first kappa shape index (κ1) is 15.9. The number of carbonyl (C=O) groups is 1. The van der Waals surface area contributed by atoms with E-state index in [9.17, 15) is 9.18 Å². The molecule has 1 aromatic heterocycles. The van der Waals surface area contributed by atoms with E-state index >= 15 is 0 Å². The molecule has 2 N–H and O–H groups in total. The molecule has 112 valence electrons. The van der Waals surface area contributed by atoms with Crippen LogP contribution in [0.4, 0.5) is 15.2 Å². The van der Waals surface area contributed by atoms with Crippen molar-refractivity contribution in [3.63, 3.8) is 0 Å². The third-order valence-electron chi connectivity index (χ3n) is 2.39. The number of benzene rings is 1. The molecule has 2 aromatic rings.